The van der Waals surface area contributed by atoms with Gasteiger partial charge in [-0.15, -0.1) is 0 Å². The highest BCUT2D eigenvalue weighted by atomic mass is 32.2. The molecule has 7 heteroatoms. The minimum atomic E-state index is -3.17. The Bertz CT molecular complexity index is 686. The quantitative estimate of drug-likeness (QED) is 0.431. The highest BCUT2D eigenvalue weighted by Gasteiger charge is 2.21. The molecule has 26 heavy (non-hydrogen) atoms. The van der Waals surface area contributed by atoms with Crippen LogP contribution in [0.1, 0.15) is 39.0 Å². The molecule has 146 valence electrons. The molecule has 0 aromatic heterocycles. The van der Waals surface area contributed by atoms with Crippen molar-refractivity contribution in [1.82, 2.24) is 10.6 Å². The molecule has 0 amide bonds. The molecule has 1 aliphatic carbocycles. The van der Waals surface area contributed by atoms with Gasteiger partial charge in [-0.2, -0.15) is 0 Å². The van der Waals surface area contributed by atoms with Gasteiger partial charge in [0.1, 0.15) is 12.4 Å². The van der Waals surface area contributed by atoms with E-state index in [0.717, 1.165) is 11.9 Å². The average Bonchev–Trinajstić information content (AvgIpc) is 2.64. The number of hydrogen-bond acceptors (Lipinski definition) is 4. The van der Waals surface area contributed by atoms with Gasteiger partial charge >= 0.3 is 0 Å². The zero-order chi connectivity index (χ0) is 19.0. The molecule has 2 rings (SSSR count). The molecule has 0 spiro atoms. The molecule has 0 saturated heterocycles. The number of guanidine groups is 1. The van der Waals surface area contributed by atoms with Gasteiger partial charge in [0.2, 0.25) is 0 Å². The predicted molar refractivity (Wildman–Crippen MR) is 106 cm³/mol. The van der Waals surface area contributed by atoms with Gasteiger partial charge in [0.15, 0.2) is 15.8 Å². The van der Waals surface area contributed by atoms with E-state index in [9.17, 15) is 8.42 Å². The van der Waals surface area contributed by atoms with Gasteiger partial charge in [-0.05, 0) is 43.0 Å². The summed E-state index contributed by atoms with van der Waals surface area (Å²) < 4.78 is 28.5. The number of ether oxygens (including phenoxy) is 1. The van der Waals surface area contributed by atoms with E-state index in [1.165, 1.54) is 38.4 Å². The van der Waals surface area contributed by atoms with Crippen LogP contribution in [-0.2, 0) is 9.84 Å². The molecule has 2 atom stereocenters. The van der Waals surface area contributed by atoms with Gasteiger partial charge < -0.3 is 15.4 Å². The Hall–Kier alpha value is -1.76. The zero-order valence-electron chi connectivity index (χ0n) is 16.0. The fourth-order valence-electron chi connectivity index (χ4n) is 3.30. The maximum Gasteiger partial charge on any atom is 0.191 e. The number of benzene rings is 1. The number of nitrogens with one attached hydrogen (secondary N) is 2. The molecule has 2 unspecified atom stereocenters. The van der Waals surface area contributed by atoms with E-state index < -0.39 is 9.84 Å². The Morgan fingerprint density at radius 3 is 2.62 bits per heavy atom. The summed E-state index contributed by atoms with van der Waals surface area (Å²) in [6.45, 7) is 3.36. The summed E-state index contributed by atoms with van der Waals surface area (Å²) in [5, 5.41) is 6.78. The largest absolute Gasteiger partial charge is 0.492 e. The second-order valence-corrected chi connectivity index (χ2v) is 8.89. The van der Waals surface area contributed by atoms with Crippen molar-refractivity contribution in [2.75, 3.05) is 26.5 Å². The zero-order valence-corrected chi connectivity index (χ0v) is 16.8. The lowest BCUT2D eigenvalue weighted by Crippen LogP contribution is -2.46. The number of hydrogen-bond donors (Lipinski definition) is 2. The monoisotopic (exact) mass is 381 g/mol. The Balaban J connectivity index is 1.72. The normalized spacial score (nSPS) is 21.3. The van der Waals surface area contributed by atoms with Crippen molar-refractivity contribution in [3.8, 4) is 5.75 Å². The predicted octanol–water partition coefficient (Wildman–Crippen LogP) is 2.60. The third-order valence-corrected chi connectivity index (χ3v) is 5.97. The van der Waals surface area contributed by atoms with Crippen LogP contribution < -0.4 is 15.4 Å². The molecule has 6 nitrogen and oxygen atoms in total. The fourth-order valence-corrected chi connectivity index (χ4v) is 3.93. The Labute approximate surface area is 157 Å². The van der Waals surface area contributed by atoms with Crippen molar-refractivity contribution >= 4 is 15.8 Å². The first-order valence-electron chi connectivity index (χ1n) is 9.32. The third kappa shape index (κ3) is 6.52. The van der Waals surface area contributed by atoms with Crippen molar-refractivity contribution in [2.45, 2.75) is 50.0 Å². The standard InChI is InChI=1S/C19H31N3O3S/c1-4-15-6-5-7-16(14-15)22-19(20-2)21-12-13-25-17-8-10-18(11-9-17)26(3,23)24/h8-11,15-16H,4-7,12-14H2,1-3H3,(H2,20,21,22). The molecule has 2 N–H and O–H groups in total. The molecular weight excluding hydrogens is 350 g/mol. The van der Waals surface area contributed by atoms with Crippen LogP contribution in [0.4, 0.5) is 0 Å². The van der Waals surface area contributed by atoms with E-state index >= 15 is 0 Å². The van der Waals surface area contributed by atoms with E-state index in [-0.39, 0.29) is 0 Å². The summed E-state index contributed by atoms with van der Waals surface area (Å²) in [7, 11) is -1.39. The molecule has 0 heterocycles. The van der Waals surface area contributed by atoms with E-state index in [0.29, 0.717) is 29.8 Å². The van der Waals surface area contributed by atoms with Crippen LogP contribution in [0.3, 0.4) is 0 Å². The second-order valence-electron chi connectivity index (χ2n) is 6.87. The number of sulfone groups is 1. The third-order valence-electron chi connectivity index (χ3n) is 4.84. The van der Waals surface area contributed by atoms with Crippen LogP contribution in [0, 0.1) is 5.92 Å². The van der Waals surface area contributed by atoms with Crippen LogP contribution in [0.15, 0.2) is 34.2 Å². The van der Waals surface area contributed by atoms with Gasteiger partial charge in [0.25, 0.3) is 0 Å². The smallest absolute Gasteiger partial charge is 0.191 e. The first kappa shape index (κ1) is 20.6. The Kier molecular flexibility index (Phi) is 7.75. The molecular formula is C19H31N3O3S. The van der Waals surface area contributed by atoms with Gasteiger partial charge in [0, 0.05) is 19.3 Å². The van der Waals surface area contributed by atoms with Crippen LogP contribution in [0.2, 0.25) is 0 Å². The van der Waals surface area contributed by atoms with Gasteiger partial charge in [-0.25, -0.2) is 8.42 Å². The molecule has 1 saturated carbocycles. The summed E-state index contributed by atoms with van der Waals surface area (Å²) >= 11 is 0. The average molecular weight is 382 g/mol. The first-order valence-corrected chi connectivity index (χ1v) is 11.2. The highest BCUT2D eigenvalue weighted by molar-refractivity contribution is 7.90. The van der Waals surface area contributed by atoms with Crippen molar-refractivity contribution in [3.05, 3.63) is 24.3 Å². The maximum atomic E-state index is 11.4. The van der Waals surface area contributed by atoms with Crippen LogP contribution >= 0.6 is 0 Å². The van der Waals surface area contributed by atoms with Crippen molar-refractivity contribution in [1.29, 1.82) is 0 Å². The molecule has 1 aromatic rings. The van der Waals surface area contributed by atoms with Crippen LogP contribution in [-0.4, -0.2) is 46.9 Å². The summed E-state index contributed by atoms with van der Waals surface area (Å²) in [4.78, 5) is 4.59. The molecule has 1 fully saturated rings. The summed E-state index contributed by atoms with van der Waals surface area (Å²) in [5.41, 5.74) is 0. The minimum absolute atomic E-state index is 0.297. The van der Waals surface area contributed by atoms with Crippen molar-refractivity contribution < 1.29 is 13.2 Å². The highest BCUT2D eigenvalue weighted by Crippen LogP contribution is 2.26. The lowest BCUT2D eigenvalue weighted by molar-refractivity contribution is 0.296. The Morgan fingerprint density at radius 1 is 1.27 bits per heavy atom. The van der Waals surface area contributed by atoms with E-state index in [1.54, 1.807) is 31.3 Å². The maximum absolute atomic E-state index is 11.4. The Morgan fingerprint density at radius 2 is 2.00 bits per heavy atom. The summed E-state index contributed by atoms with van der Waals surface area (Å²) in [6.07, 6.45) is 7.46. The fraction of sp³-hybridized carbons (Fsp3) is 0.632. The van der Waals surface area contributed by atoms with E-state index in [2.05, 4.69) is 22.5 Å². The van der Waals surface area contributed by atoms with Gasteiger partial charge in [-0.1, -0.05) is 26.2 Å². The van der Waals surface area contributed by atoms with E-state index in [1.807, 2.05) is 0 Å². The van der Waals surface area contributed by atoms with E-state index in [4.69, 9.17) is 4.74 Å². The van der Waals surface area contributed by atoms with Gasteiger partial charge in [-0.3, -0.25) is 4.99 Å². The van der Waals surface area contributed by atoms with Crippen LogP contribution in [0.5, 0.6) is 5.75 Å². The first-order chi connectivity index (χ1) is 12.4. The molecule has 0 radical (unpaired) electrons. The SMILES string of the molecule is CCC1CCCC(NC(=NC)NCCOc2ccc(S(C)(=O)=O)cc2)C1. The molecule has 0 aliphatic heterocycles. The van der Waals surface area contributed by atoms with Crippen molar-refractivity contribution in [2.24, 2.45) is 10.9 Å². The molecule has 1 aliphatic rings. The number of nitrogens with zero attached hydrogens (tertiary/aromatic N) is 1. The lowest BCUT2D eigenvalue weighted by Gasteiger charge is -2.30. The summed E-state index contributed by atoms with van der Waals surface area (Å²) in [5.74, 6) is 2.28. The summed E-state index contributed by atoms with van der Waals surface area (Å²) in [6, 6.07) is 6.97. The van der Waals surface area contributed by atoms with Crippen molar-refractivity contribution in [3.63, 3.8) is 0 Å². The minimum Gasteiger partial charge on any atom is -0.492 e. The second kappa shape index (κ2) is 9.80. The lowest BCUT2D eigenvalue weighted by atomic mass is 9.84. The topological polar surface area (TPSA) is 79.8 Å². The molecule has 0 bridgehead atoms. The number of aliphatic imine (C=N–C) groups is 1. The van der Waals surface area contributed by atoms with Crippen LogP contribution in [0.25, 0.3) is 0 Å². The molecule has 1 aromatic carbocycles. The number of rotatable bonds is 7. The van der Waals surface area contributed by atoms with Gasteiger partial charge in [0.05, 0.1) is 11.4 Å².